The van der Waals surface area contributed by atoms with E-state index in [0.717, 1.165) is 22.4 Å². The monoisotopic (exact) mass is 380 g/mol. The summed E-state index contributed by atoms with van der Waals surface area (Å²) in [6.07, 6.45) is 0. The standard InChI is InChI=1S/C22H24N2O4/c1-23(25)16-7-12-22(24(2)26)21(13-16)20-14-18(28-4)10-11-19(20)15-5-8-17(27-3)9-6-15/h5-14,23-24H,1-4H3. The molecule has 0 amide bonds. The number of hydroxylamine groups is 2. The first-order valence-corrected chi connectivity index (χ1v) is 8.93. The highest BCUT2D eigenvalue weighted by Crippen LogP contribution is 2.38. The van der Waals surface area contributed by atoms with Crippen LogP contribution in [0.25, 0.3) is 22.3 Å². The predicted octanol–water partition coefficient (Wildman–Crippen LogP) is 2.33. The van der Waals surface area contributed by atoms with Gasteiger partial charge in [-0.3, -0.25) is 0 Å². The van der Waals surface area contributed by atoms with Crippen molar-refractivity contribution in [2.24, 2.45) is 0 Å². The molecule has 0 saturated carbocycles. The number of benzene rings is 3. The second-order valence-corrected chi connectivity index (χ2v) is 6.51. The fourth-order valence-electron chi connectivity index (χ4n) is 3.19. The van der Waals surface area contributed by atoms with E-state index in [1.165, 1.54) is 14.1 Å². The highest BCUT2D eigenvalue weighted by Gasteiger charge is 2.18. The molecule has 2 N–H and O–H groups in total. The van der Waals surface area contributed by atoms with E-state index in [4.69, 9.17) is 9.47 Å². The molecule has 0 aliphatic rings. The molecule has 0 aromatic heterocycles. The van der Waals surface area contributed by atoms with Crippen LogP contribution in [0.1, 0.15) is 0 Å². The lowest BCUT2D eigenvalue weighted by Gasteiger charge is -2.23. The van der Waals surface area contributed by atoms with Crippen LogP contribution in [0.4, 0.5) is 11.4 Å². The average Bonchev–Trinajstić information content (AvgIpc) is 2.72. The van der Waals surface area contributed by atoms with E-state index in [1.807, 2.05) is 42.5 Å². The van der Waals surface area contributed by atoms with Crippen LogP contribution in [0.2, 0.25) is 0 Å². The molecule has 3 aromatic carbocycles. The Kier molecular flexibility index (Phi) is 5.96. The number of quaternary nitrogens is 2. The second kappa shape index (κ2) is 8.41. The summed E-state index contributed by atoms with van der Waals surface area (Å²) in [5.74, 6) is 1.44. The summed E-state index contributed by atoms with van der Waals surface area (Å²) >= 11 is 0. The van der Waals surface area contributed by atoms with Crippen LogP contribution in [0, 0.1) is 10.4 Å². The molecule has 3 rings (SSSR count). The zero-order chi connectivity index (χ0) is 20.3. The number of nitrogens with one attached hydrogen (secondary N) is 2. The number of methoxy groups -OCH3 is 2. The molecule has 0 heterocycles. The fraction of sp³-hybridized carbons (Fsp3) is 0.182. The first kappa shape index (κ1) is 19.9. The van der Waals surface area contributed by atoms with Crippen LogP contribution in [0.15, 0.2) is 60.7 Å². The molecule has 3 aromatic rings. The van der Waals surface area contributed by atoms with E-state index in [9.17, 15) is 10.4 Å². The third-order valence-electron chi connectivity index (χ3n) is 4.72. The quantitative estimate of drug-likeness (QED) is 0.644. The number of hydrogen-bond acceptors (Lipinski definition) is 4. The van der Waals surface area contributed by atoms with Crippen molar-refractivity contribution >= 4 is 11.4 Å². The van der Waals surface area contributed by atoms with Gasteiger partial charge in [0.25, 0.3) is 0 Å². The van der Waals surface area contributed by atoms with Crippen LogP contribution in [-0.4, -0.2) is 28.3 Å². The van der Waals surface area contributed by atoms with Gasteiger partial charge in [-0.2, -0.15) is 0 Å². The molecule has 2 unspecified atom stereocenters. The molecule has 6 heteroatoms. The lowest BCUT2D eigenvalue weighted by atomic mass is 9.92. The van der Waals surface area contributed by atoms with Gasteiger partial charge in [-0.25, -0.2) is 0 Å². The Balaban J connectivity index is 2.26. The first-order valence-electron chi connectivity index (χ1n) is 8.93. The topological polar surface area (TPSA) is 73.5 Å². The van der Waals surface area contributed by atoms with E-state index in [1.54, 1.807) is 32.4 Å². The molecule has 0 radical (unpaired) electrons. The number of hydrogen-bond donors (Lipinski definition) is 2. The molecule has 0 spiro atoms. The van der Waals surface area contributed by atoms with Gasteiger partial charge < -0.3 is 30.0 Å². The summed E-state index contributed by atoms with van der Waals surface area (Å²) in [4.78, 5) is 0. The molecule has 0 saturated heterocycles. The molecule has 0 aliphatic carbocycles. The fourth-order valence-corrected chi connectivity index (χ4v) is 3.19. The summed E-state index contributed by atoms with van der Waals surface area (Å²) in [5, 5.41) is 24.1. The van der Waals surface area contributed by atoms with E-state index in [-0.39, 0.29) is 10.1 Å². The van der Waals surface area contributed by atoms with Crippen LogP contribution >= 0.6 is 0 Å². The normalized spacial score (nSPS) is 13.1. The van der Waals surface area contributed by atoms with Crippen molar-refractivity contribution in [3.63, 3.8) is 0 Å². The van der Waals surface area contributed by atoms with Crippen molar-refractivity contribution in [2.75, 3.05) is 28.3 Å². The van der Waals surface area contributed by atoms with E-state index < -0.39 is 0 Å². The van der Waals surface area contributed by atoms with Crippen molar-refractivity contribution in [1.29, 1.82) is 0 Å². The highest BCUT2D eigenvalue weighted by atomic mass is 16.5. The Morgan fingerprint density at radius 1 is 0.643 bits per heavy atom. The maximum Gasteiger partial charge on any atom is 0.139 e. The van der Waals surface area contributed by atoms with Gasteiger partial charge in [0.2, 0.25) is 0 Å². The van der Waals surface area contributed by atoms with Gasteiger partial charge in [0.1, 0.15) is 22.9 Å². The summed E-state index contributed by atoms with van der Waals surface area (Å²) in [6.45, 7) is 0. The zero-order valence-corrected chi connectivity index (χ0v) is 16.4. The molecule has 28 heavy (non-hydrogen) atoms. The third-order valence-corrected chi connectivity index (χ3v) is 4.72. The van der Waals surface area contributed by atoms with E-state index in [0.29, 0.717) is 22.7 Å². The van der Waals surface area contributed by atoms with Gasteiger partial charge in [-0.1, -0.05) is 18.2 Å². The predicted molar refractivity (Wildman–Crippen MR) is 110 cm³/mol. The molecular formula is C22H24N2O4. The van der Waals surface area contributed by atoms with Gasteiger partial charge in [-0.15, -0.1) is 0 Å². The van der Waals surface area contributed by atoms with Gasteiger partial charge in [0.15, 0.2) is 0 Å². The Bertz CT molecular complexity index is 953. The maximum absolute atomic E-state index is 12.3. The van der Waals surface area contributed by atoms with Crippen LogP contribution in [0.3, 0.4) is 0 Å². The second-order valence-electron chi connectivity index (χ2n) is 6.51. The first-order chi connectivity index (χ1) is 13.4. The molecule has 0 fully saturated rings. The molecule has 0 aliphatic heterocycles. The largest absolute Gasteiger partial charge is 0.629 e. The zero-order valence-electron chi connectivity index (χ0n) is 16.4. The van der Waals surface area contributed by atoms with Crippen LogP contribution in [0.5, 0.6) is 11.5 Å². The summed E-state index contributed by atoms with van der Waals surface area (Å²) in [6, 6.07) is 18.6. The van der Waals surface area contributed by atoms with E-state index >= 15 is 0 Å². The summed E-state index contributed by atoms with van der Waals surface area (Å²) in [5.41, 5.74) is 4.58. The smallest absolute Gasteiger partial charge is 0.139 e. The van der Waals surface area contributed by atoms with Gasteiger partial charge in [0, 0.05) is 23.8 Å². The molecule has 6 nitrogen and oxygen atoms in total. The van der Waals surface area contributed by atoms with E-state index in [2.05, 4.69) is 0 Å². The molecule has 146 valence electrons. The minimum absolute atomic E-state index is 0.0507. The SMILES string of the molecule is COc1ccc(-c2ccc(OC)cc2-c2cc([NH+](C)[O-])ccc2[NH+](C)[O-])cc1. The molecule has 0 bridgehead atoms. The van der Waals surface area contributed by atoms with Crippen molar-refractivity contribution in [2.45, 2.75) is 0 Å². The third kappa shape index (κ3) is 4.00. The molecular weight excluding hydrogens is 356 g/mol. The number of ether oxygens (including phenoxy) is 2. The lowest BCUT2D eigenvalue weighted by molar-refractivity contribution is -0.754. The van der Waals surface area contributed by atoms with Crippen molar-refractivity contribution in [3.8, 4) is 33.8 Å². The minimum atomic E-state index is -0.0615. The van der Waals surface area contributed by atoms with Crippen LogP contribution < -0.4 is 19.6 Å². The Morgan fingerprint density at radius 2 is 1.29 bits per heavy atom. The van der Waals surface area contributed by atoms with Crippen molar-refractivity contribution in [1.82, 2.24) is 0 Å². The van der Waals surface area contributed by atoms with Crippen LogP contribution in [-0.2, 0) is 0 Å². The summed E-state index contributed by atoms with van der Waals surface area (Å²) < 4.78 is 10.7. The van der Waals surface area contributed by atoms with Crippen molar-refractivity contribution < 1.29 is 19.6 Å². The highest BCUT2D eigenvalue weighted by molar-refractivity contribution is 5.89. The Morgan fingerprint density at radius 3 is 1.86 bits per heavy atom. The van der Waals surface area contributed by atoms with Gasteiger partial charge >= 0.3 is 0 Å². The van der Waals surface area contributed by atoms with Crippen molar-refractivity contribution in [3.05, 3.63) is 71.1 Å². The Hall–Kier alpha value is -2.90. The number of rotatable bonds is 6. The maximum atomic E-state index is 12.3. The average molecular weight is 380 g/mol. The molecule has 2 atom stereocenters. The minimum Gasteiger partial charge on any atom is -0.629 e. The van der Waals surface area contributed by atoms with Gasteiger partial charge in [-0.05, 0) is 41.0 Å². The Labute approximate surface area is 164 Å². The van der Waals surface area contributed by atoms with Gasteiger partial charge in [0.05, 0.1) is 28.3 Å². The lowest BCUT2D eigenvalue weighted by Crippen LogP contribution is -2.99. The summed E-state index contributed by atoms with van der Waals surface area (Å²) in [7, 11) is 6.27.